The monoisotopic (exact) mass is 271 g/mol. The standard InChI is InChI=1S/C14H19Cl2N/c1-4-11(9-17-10(2)3)7-12-8-13(15)5-6-14(12)16/h5-8,10,17H,4,9H2,1-3H3/b11-7-. The highest BCUT2D eigenvalue weighted by atomic mass is 35.5. The van der Waals surface area contributed by atoms with Crippen LogP contribution in [-0.4, -0.2) is 12.6 Å². The first-order chi connectivity index (χ1) is 8.02. The first-order valence-electron chi connectivity index (χ1n) is 5.90. The van der Waals surface area contributed by atoms with Crippen LogP contribution in [0.15, 0.2) is 23.8 Å². The number of halogens is 2. The van der Waals surface area contributed by atoms with Crippen molar-refractivity contribution in [2.45, 2.75) is 33.2 Å². The molecule has 0 aromatic heterocycles. The van der Waals surface area contributed by atoms with E-state index in [0.29, 0.717) is 11.1 Å². The minimum atomic E-state index is 0.486. The molecule has 0 saturated carbocycles. The van der Waals surface area contributed by atoms with E-state index in [0.717, 1.165) is 23.6 Å². The molecule has 0 heterocycles. The van der Waals surface area contributed by atoms with Crippen molar-refractivity contribution >= 4 is 29.3 Å². The molecule has 0 unspecified atom stereocenters. The third-order valence-corrected chi connectivity index (χ3v) is 3.09. The van der Waals surface area contributed by atoms with Gasteiger partial charge in [0.2, 0.25) is 0 Å². The lowest BCUT2D eigenvalue weighted by Crippen LogP contribution is -2.24. The largest absolute Gasteiger partial charge is 0.311 e. The van der Waals surface area contributed by atoms with Crippen LogP contribution >= 0.6 is 23.2 Å². The summed E-state index contributed by atoms with van der Waals surface area (Å²) in [5.74, 6) is 0. The van der Waals surface area contributed by atoms with Gasteiger partial charge in [0, 0.05) is 22.6 Å². The Labute approximate surface area is 114 Å². The molecule has 17 heavy (non-hydrogen) atoms. The van der Waals surface area contributed by atoms with Gasteiger partial charge in [-0.15, -0.1) is 0 Å². The third-order valence-electron chi connectivity index (χ3n) is 2.51. The van der Waals surface area contributed by atoms with Gasteiger partial charge < -0.3 is 5.32 Å². The first kappa shape index (κ1) is 14.6. The van der Waals surface area contributed by atoms with E-state index in [1.165, 1.54) is 5.57 Å². The van der Waals surface area contributed by atoms with Crippen LogP contribution in [0.1, 0.15) is 32.8 Å². The van der Waals surface area contributed by atoms with Crippen LogP contribution in [0.3, 0.4) is 0 Å². The van der Waals surface area contributed by atoms with Crippen LogP contribution in [-0.2, 0) is 0 Å². The Bertz CT molecular complexity index is 397. The van der Waals surface area contributed by atoms with Crippen LogP contribution < -0.4 is 5.32 Å². The lowest BCUT2D eigenvalue weighted by Gasteiger charge is -2.11. The Morgan fingerprint density at radius 2 is 2.06 bits per heavy atom. The highest BCUT2D eigenvalue weighted by Gasteiger charge is 2.02. The minimum Gasteiger partial charge on any atom is -0.311 e. The molecular weight excluding hydrogens is 253 g/mol. The molecule has 0 aliphatic heterocycles. The zero-order valence-electron chi connectivity index (χ0n) is 10.6. The molecule has 0 aliphatic carbocycles. The highest BCUT2D eigenvalue weighted by Crippen LogP contribution is 2.23. The average molecular weight is 272 g/mol. The number of hydrogen-bond acceptors (Lipinski definition) is 1. The number of rotatable bonds is 5. The molecule has 3 heteroatoms. The van der Waals surface area contributed by atoms with Gasteiger partial charge in [-0.25, -0.2) is 0 Å². The smallest absolute Gasteiger partial charge is 0.0479 e. The molecular formula is C14H19Cl2N. The third kappa shape index (κ3) is 5.12. The fraction of sp³-hybridized carbons (Fsp3) is 0.429. The Morgan fingerprint density at radius 1 is 1.35 bits per heavy atom. The molecule has 1 nitrogen and oxygen atoms in total. The molecule has 0 spiro atoms. The molecule has 0 atom stereocenters. The van der Waals surface area contributed by atoms with Crippen LogP contribution in [0.25, 0.3) is 6.08 Å². The van der Waals surface area contributed by atoms with Crippen molar-refractivity contribution in [3.8, 4) is 0 Å². The quantitative estimate of drug-likeness (QED) is 0.813. The summed E-state index contributed by atoms with van der Waals surface area (Å²) in [4.78, 5) is 0. The van der Waals surface area contributed by atoms with Gasteiger partial charge in [0.25, 0.3) is 0 Å². The fourth-order valence-corrected chi connectivity index (χ4v) is 1.81. The summed E-state index contributed by atoms with van der Waals surface area (Å²) < 4.78 is 0. The summed E-state index contributed by atoms with van der Waals surface area (Å²) in [5.41, 5.74) is 2.31. The second-order valence-electron chi connectivity index (χ2n) is 4.36. The molecule has 0 aliphatic rings. The Hall–Kier alpha value is -0.500. The van der Waals surface area contributed by atoms with Gasteiger partial charge in [-0.1, -0.05) is 55.6 Å². The second kappa shape index (κ2) is 7.05. The average Bonchev–Trinajstić information content (AvgIpc) is 2.28. The van der Waals surface area contributed by atoms with E-state index in [1.807, 2.05) is 12.1 Å². The van der Waals surface area contributed by atoms with Crippen molar-refractivity contribution in [1.29, 1.82) is 0 Å². The van der Waals surface area contributed by atoms with Crippen molar-refractivity contribution in [2.24, 2.45) is 0 Å². The molecule has 0 radical (unpaired) electrons. The fourth-order valence-electron chi connectivity index (χ4n) is 1.46. The topological polar surface area (TPSA) is 12.0 Å². The Morgan fingerprint density at radius 3 is 2.65 bits per heavy atom. The Balaban J connectivity index is 2.86. The van der Waals surface area contributed by atoms with Gasteiger partial charge in [0.1, 0.15) is 0 Å². The van der Waals surface area contributed by atoms with Crippen molar-refractivity contribution in [1.82, 2.24) is 5.32 Å². The van der Waals surface area contributed by atoms with E-state index in [1.54, 1.807) is 6.07 Å². The lowest BCUT2D eigenvalue weighted by molar-refractivity contribution is 0.617. The molecule has 94 valence electrons. The molecule has 1 rings (SSSR count). The van der Waals surface area contributed by atoms with Crippen LogP contribution in [0.2, 0.25) is 10.0 Å². The van der Waals surface area contributed by atoms with Crippen LogP contribution in [0.5, 0.6) is 0 Å². The molecule has 0 fully saturated rings. The van der Waals surface area contributed by atoms with Crippen molar-refractivity contribution in [3.63, 3.8) is 0 Å². The maximum absolute atomic E-state index is 6.14. The predicted molar refractivity (Wildman–Crippen MR) is 77.9 cm³/mol. The highest BCUT2D eigenvalue weighted by molar-refractivity contribution is 6.34. The van der Waals surface area contributed by atoms with E-state index < -0.39 is 0 Å². The van der Waals surface area contributed by atoms with Crippen molar-refractivity contribution in [2.75, 3.05) is 6.54 Å². The lowest BCUT2D eigenvalue weighted by atomic mass is 10.1. The van der Waals surface area contributed by atoms with Crippen LogP contribution in [0, 0.1) is 0 Å². The van der Waals surface area contributed by atoms with E-state index >= 15 is 0 Å². The molecule has 0 bridgehead atoms. The van der Waals surface area contributed by atoms with E-state index in [2.05, 4.69) is 32.2 Å². The normalized spacial score (nSPS) is 12.2. The van der Waals surface area contributed by atoms with Gasteiger partial charge in [0.05, 0.1) is 0 Å². The van der Waals surface area contributed by atoms with Gasteiger partial charge in [0.15, 0.2) is 0 Å². The molecule has 0 amide bonds. The van der Waals surface area contributed by atoms with Gasteiger partial charge in [-0.05, 0) is 30.2 Å². The maximum Gasteiger partial charge on any atom is 0.0479 e. The van der Waals surface area contributed by atoms with E-state index in [-0.39, 0.29) is 0 Å². The summed E-state index contributed by atoms with van der Waals surface area (Å²) in [5, 5.41) is 4.86. The van der Waals surface area contributed by atoms with Gasteiger partial charge >= 0.3 is 0 Å². The van der Waals surface area contributed by atoms with E-state index in [4.69, 9.17) is 23.2 Å². The summed E-state index contributed by atoms with van der Waals surface area (Å²) in [6.07, 6.45) is 3.12. The number of hydrogen-bond donors (Lipinski definition) is 1. The van der Waals surface area contributed by atoms with E-state index in [9.17, 15) is 0 Å². The number of benzene rings is 1. The zero-order valence-corrected chi connectivity index (χ0v) is 12.1. The molecule has 1 N–H and O–H groups in total. The maximum atomic E-state index is 6.14. The predicted octanol–water partition coefficient (Wildman–Crippen LogP) is 4.78. The second-order valence-corrected chi connectivity index (χ2v) is 5.20. The minimum absolute atomic E-state index is 0.486. The van der Waals surface area contributed by atoms with Crippen molar-refractivity contribution < 1.29 is 0 Å². The van der Waals surface area contributed by atoms with Gasteiger partial charge in [-0.3, -0.25) is 0 Å². The first-order valence-corrected chi connectivity index (χ1v) is 6.66. The summed E-state index contributed by atoms with van der Waals surface area (Å²) in [6, 6.07) is 6.02. The van der Waals surface area contributed by atoms with Gasteiger partial charge in [-0.2, -0.15) is 0 Å². The summed E-state index contributed by atoms with van der Waals surface area (Å²) in [7, 11) is 0. The van der Waals surface area contributed by atoms with Crippen LogP contribution in [0.4, 0.5) is 0 Å². The summed E-state index contributed by atoms with van der Waals surface area (Å²) >= 11 is 12.1. The molecule has 0 saturated heterocycles. The SMILES string of the molecule is CC/C(=C/c1cc(Cl)ccc1Cl)CNC(C)C. The summed E-state index contributed by atoms with van der Waals surface area (Å²) in [6.45, 7) is 7.31. The molecule has 1 aromatic carbocycles. The zero-order chi connectivity index (χ0) is 12.8. The Kier molecular flexibility index (Phi) is 6.04. The molecule has 1 aromatic rings. The number of nitrogens with one attached hydrogen (secondary N) is 1. The van der Waals surface area contributed by atoms with Crippen molar-refractivity contribution in [3.05, 3.63) is 39.4 Å².